The smallest absolute Gasteiger partial charge is 0.151 e. The summed E-state index contributed by atoms with van der Waals surface area (Å²) in [6.45, 7) is 2.09. The standard InChI is InChI=1S/C14H13BrFNO/c1-2-9-3-5-10(6-4-9)18-14-7-11(15)12(16)8-13(14)17/h3-8H,2,17H2,1H3. The van der Waals surface area contributed by atoms with Gasteiger partial charge < -0.3 is 10.5 Å². The Morgan fingerprint density at radius 3 is 2.50 bits per heavy atom. The number of nitrogen functional groups attached to an aromatic ring is 1. The Morgan fingerprint density at radius 1 is 1.22 bits per heavy atom. The van der Waals surface area contributed by atoms with Crippen LogP contribution in [-0.2, 0) is 6.42 Å². The van der Waals surface area contributed by atoms with Gasteiger partial charge in [0.2, 0.25) is 0 Å². The van der Waals surface area contributed by atoms with Crippen molar-refractivity contribution in [1.29, 1.82) is 0 Å². The van der Waals surface area contributed by atoms with Crippen molar-refractivity contribution in [1.82, 2.24) is 0 Å². The van der Waals surface area contributed by atoms with Crippen molar-refractivity contribution in [3.63, 3.8) is 0 Å². The molecule has 94 valence electrons. The minimum Gasteiger partial charge on any atom is -0.455 e. The quantitative estimate of drug-likeness (QED) is 0.846. The van der Waals surface area contributed by atoms with Crippen molar-refractivity contribution in [2.75, 3.05) is 5.73 Å². The second-order valence-electron chi connectivity index (χ2n) is 3.90. The summed E-state index contributed by atoms with van der Waals surface area (Å²) in [5.74, 6) is 0.714. The second kappa shape index (κ2) is 5.40. The predicted molar refractivity (Wildman–Crippen MR) is 74.4 cm³/mol. The maximum Gasteiger partial charge on any atom is 0.151 e. The number of anilines is 1. The third-order valence-electron chi connectivity index (χ3n) is 2.61. The lowest BCUT2D eigenvalue weighted by Crippen LogP contribution is -1.94. The fourth-order valence-electron chi connectivity index (χ4n) is 1.55. The highest BCUT2D eigenvalue weighted by atomic mass is 79.9. The number of ether oxygens (including phenoxy) is 1. The molecule has 4 heteroatoms. The first-order valence-corrected chi connectivity index (χ1v) is 6.40. The average molecular weight is 310 g/mol. The summed E-state index contributed by atoms with van der Waals surface area (Å²) in [6, 6.07) is 10.5. The number of hydrogen-bond acceptors (Lipinski definition) is 2. The molecule has 2 aromatic carbocycles. The van der Waals surface area contributed by atoms with Gasteiger partial charge in [-0.05, 0) is 40.0 Å². The van der Waals surface area contributed by atoms with Crippen LogP contribution in [0.5, 0.6) is 11.5 Å². The van der Waals surface area contributed by atoms with Gasteiger partial charge in [-0.25, -0.2) is 4.39 Å². The molecule has 0 aliphatic rings. The van der Waals surface area contributed by atoms with Crippen LogP contribution in [0.15, 0.2) is 40.9 Å². The highest BCUT2D eigenvalue weighted by Gasteiger charge is 2.08. The number of nitrogens with two attached hydrogens (primary N) is 1. The molecule has 0 spiro atoms. The molecule has 0 radical (unpaired) electrons. The Balaban J connectivity index is 2.25. The zero-order chi connectivity index (χ0) is 13.1. The lowest BCUT2D eigenvalue weighted by atomic mass is 10.2. The van der Waals surface area contributed by atoms with E-state index in [0.29, 0.717) is 16.0 Å². The van der Waals surface area contributed by atoms with Gasteiger partial charge in [-0.1, -0.05) is 19.1 Å². The van der Waals surface area contributed by atoms with Crippen molar-refractivity contribution in [2.24, 2.45) is 0 Å². The van der Waals surface area contributed by atoms with E-state index in [1.54, 1.807) is 0 Å². The van der Waals surface area contributed by atoms with E-state index in [1.165, 1.54) is 17.7 Å². The molecule has 0 aliphatic heterocycles. The Kier molecular flexibility index (Phi) is 3.87. The van der Waals surface area contributed by atoms with Gasteiger partial charge in [-0.3, -0.25) is 0 Å². The zero-order valence-corrected chi connectivity index (χ0v) is 11.5. The number of aryl methyl sites for hydroxylation is 1. The minimum absolute atomic E-state index is 0.273. The van der Waals surface area contributed by atoms with Crippen LogP contribution >= 0.6 is 15.9 Å². The third-order valence-corrected chi connectivity index (χ3v) is 3.22. The Morgan fingerprint density at radius 2 is 1.89 bits per heavy atom. The summed E-state index contributed by atoms with van der Waals surface area (Å²) in [7, 11) is 0. The van der Waals surface area contributed by atoms with Crippen molar-refractivity contribution in [3.05, 3.63) is 52.3 Å². The Bertz CT molecular complexity index is 554. The maximum absolute atomic E-state index is 13.2. The van der Waals surface area contributed by atoms with Gasteiger partial charge in [0.05, 0.1) is 10.2 Å². The van der Waals surface area contributed by atoms with Crippen LogP contribution in [0.25, 0.3) is 0 Å². The molecular weight excluding hydrogens is 297 g/mol. The molecular formula is C14H13BrFNO. The van der Waals surface area contributed by atoms with Crippen molar-refractivity contribution in [3.8, 4) is 11.5 Å². The molecule has 0 amide bonds. The monoisotopic (exact) mass is 309 g/mol. The molecule has 2 N–H and O–H groups in total. The SMILES string of the molecule is CCc1ccc(Oc2cc(Br)c(F)cc2N)cc1. The Labute approximate surface area is 114 Å². The molecule has 0 saturated heterocycles. The summed E-state index contributed by atoms with van der Waals surface area (Å²) in [5, 5.41) is 0. The lowest BCUT2D eigenvalue weighted by Gasteiger charge is -2.09. The van der Waals surface area contributed by atoms with Crippen molar-refractivity contribution < 1.29 is 9.13 Å². The zero-order valence-electron chi connectivity index (χ0n) is 9.91. The highest BCUT2D eigenvalue weighted by Crippen LogP contribution is 2.32. The predicted octanol–water partition coefficient (Wildman–Crippen LogP) is 4.53. The lowest BCUT2D eigenvalue weighted by molar-refractivity contribution is 0.482. The fourth-order valence-corrected chi connectivity index (χ4v) is 1.87. The largest absolute Gasteiger partial charge is 0.455 e. The van der Waals surface area contributed by atoms with E-state index in [2.05, 4.69) is 22.9 Å². The average Bonchev–Trinajstić information content (AvgIpc) is 2.37. The first-order valence-electron chi connectivity index (χ1n) is 5.61. The number of halogens is 2. The van der Waals surface area contributed by atoms with E-state index >= 15 is 0 Å². The van der Waals surface area contributed by atoms with Gasteiger partial charge in [0.25, 0.3) is 0 Å². The molecule has 0 atom stereocenters. The molecule has 0 unspecified atom stereocenters. The third kappa shape index (κ3) is 2.82. The molecule has 0 saturated carbocycles. The summed E-state index contributed by atoms with van der Waals surface area (Å²) in [5.41, 5.74) is 7.21. The van der Waals surface area contributed by atoms with E-state index in [9.17, 15) is 4.39 Å². The van der Waals surface area contributed by atoms with Gasteiger partial charge in [0, 0.05) is 12.1 Å². The van der Waals surface area contributed by atoms with Crippen LogP contribution in [0, 0.1) is 5.82 Å². The Hall–Kier alpha value is -1.55. The molecule has 0 fully saturated rings. The first kappa shape index (κ1) is 12.9. The van der Waals surface area contributed by atoms with Crippen LogP contribution in [0.4, 0.5) is 10.1 Å². The summed E-state index contributed by atoms with van der Waals surface area (Å²) in [6.07, 6.45) is 0.977. The number of rotatable bonds is 3. The van der Waals surface area contributed by atoms with E-state index in [0.717, 1.165) is 6.42 Å². The van der Waals surface area contributed by atoms with E-state index in [-0.39, 0.29) is 5.69 Å². The topological polar surface area (TPSA) is 35.2 Å². The molecule has 2 aromatic rings. The molecule has 0 bridgehead atoms. The number of hydrogen-bond donors (Lipinski definition) is 1. The molecule has 2 nitrogen and oxygen atoms in total. The van der Waals surface area contributed by atoms with Crippen LogP contribution in [0.3, 0.4) is 0 Å². The van der Waals surface area contributed by atoms with Gasteiger partial charge in [0.1, 0.15) is 11.6 Å². The van der Waals surface area contributed by atoms with Gasteiger partial charge in [0.15, 0.2) is 5.75 Å². The van der Waals surface area contributed by atoms with E-state index in [1.807, 2.05) is 24.3 Å². The van der Waals surface area contributed by atoms with E-state index < -0.39 is 5.82 Å². The second-order valence-corrected chi connectivity index (χ2v) is 4.76. The highest BCUT2D eigenvalue weighted by molar-refractivity contribution is 9.10. The number of benzene rings is 2. The molecule has 2 rings (SSSR count). The molecule has 0 aromatic heterocycles. The molecule has 0 aliphatic carbocycles. The van der Waals surface area contributed by atoms with Crippen molar-refractivity contribution >= 4 is 21.6 Å². The van der Waals surface area contributed by atoms with Gasteiger partial charge in [-0.15, -0.1) is 0 Å². The normalized spacial score (nSPS) is 10.4. The van der Waals surface area contributed by atoms with Crippen LogP contribution < -0.4 is 10.5 Å². The summed E-state index contributed by atoms with van der Waals surface area (Å²) in [4.78, 5) is 0. The van der Waals surface area contributed by atoms with Crippen LogP contribution in [0.2, 0.25) is 0 Å². The summed E-state index contributed by atoms with van der Waals surface area (Å²) >= 11 is 3.11. The van der Waals surface area contributed by atoms with Gasteiger partial charge >= 0.3 is 0 Å². The molecule has 18 heavy (non-hydrogen) atoms. The van der Waals surface area contributed by atoms with Gasteiger partial charge in [-0.2, -0.15) is 0 Å². The van der Waals surface area contributed by atoms with E-state index in [4.69, 9.17) is 10.5 Å². The maximum atomic E-state index is 13.2. The van der Waals surface area contributed by atoms with Crippen LogP contribution in [0.1, 0.15) is 12.5 Å². The summed E-state index contributed by atoms with van der Waals surface area (Å²) < 4.78 is 19.2. The van der Waals surface area contributed by atoms with Crippen molar-refractivity contribution in [2.45, 2.75) is 13.3 Å². The fraction of sp³-hybridized carbons (Fsp3) is 0.143. The minimum atomic E-state index is -0.402. The first-order chi connectivity index (χ1) is 8.60. The van der Waals surface area contributed by atoms with Crippen LogP contribution in [-0.4, -0.2) is 0 Å². The molecule has 0 heterocycles.